The van der Waals surface area contributed by atoms with Gasteiger partial charge in [0, 0.05) is 16.8 Å². The second-order valence-electron chi connectivity index (χ2n) is 5.94. The van der Waals surface area contributed by atoms with Crippen molar-refractivity contribution in [3.8, 4) is 0 Å². The molecule has 1 amide bonds. The van der Waals surface area contributed by atoms with Crippen molar-refractivity contribution < 1.29 is 4.79 Å². The Morgan fingerprint density at radius 1 is 1.32 bits per heavy atom. The number of alkyl halides is 1. The Morgan fingerprint density at radius 2 is 2.11 bits per heavy atom. The minimum atomic E-state index is 0.131. The summed E-state index contributed by atoms with van der Waals surface area (Å²) in [7, 11) is 0. The van der Waals surface area contributed by atoms with Gasteiger partial charge in [0.15, 0.2) is 0 Å². The first kappa shape index (κ1) is 13.6. The van der Waals surface area contributed by atoms with E-state index in [1.165, 1.54) is 49.0 Å². The minimum absolute atomic E-state index is 0.131. The number of fused-ring (bicyclic) bond motifs is 1. The number of thiophene rings is 1. The molecule has 0 aromatic carbocycles. The lowest BCUT2D eigenvalue weighted by Gasteiger charge is -2.26. The van der Waals surface area contributed by atoms with Crippen molar-refractivity contribution in [3.05, 3.63) is 21.4 Å². The van der Waals surface area contributed by atoms with Gasteiger partial charge in [-0.2, -0.15) is 0 Å². The topological polar surface area (TPSA) is 29.1 Å². The maximum Gasteiger partial charge on any atom is 0.261 e. The monoisotopic (exact) mass is 341 g/mol. The second-order valence-corrected chi connectivity index (χ2v) is 7.63. The molecule has 1 saturated carbocycles. The van der Waals surface area contributed by atoms with Gasteiger partial charge in [0.1, 0.15) is 0 Å². The molecule has 1 fully saturated rings. The number of carbonyl (C=O) groups is 1. The summed E-state index contributed by atoms with van der Waals surface area (Å²) in [5, 5.41) is 4.16. The molecule has 0 saturated heterocycles. The Balaban J connectivity index is 1.61. The minimum Gasteiger partial charge on any atom is -0.351 e. The largest absolute Gasteiger partial charge is 0.351 e. The summed E-state index contributed by atoms with van der Waals surface area (Å²) in [5.41, 5.74) is 1.71. The van der Waals surface area contributed by atoms with E-state index in [1.807, 2.05) is 0 Å². The average Bonchev–Trinajstić information content (AvgIpc) is 3.11. The Labute approximate surface area is 127 Å². The number of hydrogen-bond acceptors (Lipinski definition) is 2. The van der Waals surface area contributed by atoms with Crippen LogP contribution >= 0.6 is 27.3 Å². The molecule has 0 radical (unpaired) electrons. The van der Waals surface area contributed by atoms with Crippen molar-refractivity contribution >= 4 is 33.2 Å². The van der Waals surface area contributed by atoms with Crippen LogP contribution in [0.2, 0.25) is 0 Å². The van der Waals surface area contributed by atoms with Crippen LogP contribution in [-0.2, 0) is 12.8 Å². The summed E-state index contributed by atoms with van der Waals surface area (Å²) in [6, 6.07) is 2.11. The number of nitrogens with one attached hydrogen (secondary N) is 1. The van der Waals surface area contributed by atoms with E-state index in [0.29, 0.717) is 5.41 Å². The normalized spacial score (nSPS) is 20.5. The van der Waals surface area contributed by atoms with E-state index < -0.39 is 0 Å². The third-order valence-electron chi connectivity index (χ3n) is 4.54. The summed E-state index contributed by atoms with van der Waals surface area (Å²) < 4.78 is 0. The van der Waals surface area contributed by atoms with Gasteiger partial charge >= 0.3 is 0 Å². The molecule has 0 unspecified atom stereocenters. The van der Waals surface area contributed by atoms with Gasteiger partial charge in [-0.05, 0) is 49.1 Å². The molecule has 4 heteroatoms. The van der Waals surface area contributed by atoms with Crippen molar-refractivity contribution in [1.29, 1.82) is 0 Å². The molecule has 0 spiro atoms. The van der Waals surface area contributed by atoms with Crippen molar-refractivity contribution in [2.75, 3.05) is 11.9 Å². The lowest BCUT2D eigenvalue weighted by Crippen LogP contribution is -2.36. The Bertz CT molecular complexity index is 455. The van der Waals surface area contributed by atoms with Gasteiger partial charge in [-0.25, -0.2) is 0 Å². The van der Waals surface area contributed by atoms with E-state index in [2.05, 4.69) is 27.3 Å². The molecule has 3 rings (SSSR count). The van der Waals surface area contributed by atoms with E-state index in [9.17, 15) is 4.79 Å². The average molecular weight is 342 g/mol. The van der Waals surface area contributed by atoms with E-state index in [1.54, 1.807) is 11.3 Å². The molecule has 2 aliphatic carbocycles. The maximum absolute atomic E-state index is 12.2. The van der Waals surface area contributed by atoms with Crippen molar-refractivity contribution in [1.82, 2.24) is 5.32 Å². The summed E-state index contributed by atoms with van der Waals surface area (Å²) >= 11 is 5.32. The van der Waals surface area contributed by atoms with Crippen LogP contribution in [-0.4, -0.2) is 17.8 Å². The smallest absolute Gasteiger partial charge is 0.261 e. The number of carbonyl (C=O) groups excluding carboxylic acids is 1. The molecule has 19 heavy (non-hydrogen) atoms. The number of hydrogen-bond donors (Lipinski definition) is 1. The first-order valence-corrected chi connectivity index (χ1v) is 9.12. The summed E-state index contributed by atoms with van der Waals surface area (Å²) in [4.78, 5) is 14.6. The van der Waals surface area contributed by atoms with Crippen molar-refractivity contribution in [2.24, 2.45) is 5.41 Å². The molecule has 1 N–H and O–H groups in total. The first-order valence-electron chi connectivity index (χ1n) is 7.18. The summed E-state index contributed by atoms with van der Waals surface area (Å²) in [5.74, 6) is 0.131. The molecule has 0 bridgehead atoms. The van der Waals surface area contributed by atoms with E-state index in [-0.39, 0.29) is 5.91 Å². The third kappa shape index (κ3) is 2.75. The van der Waals surface area contributed by atoms with E-state index >= 15 is 0 Å². The van der Waals surface area contributed by atoms with Crippen LogP contribution in [0, 0.1) is 5.41 Å². The third-order valence-corrected chi connectivity index (χ3v) is 6.97. The number of rotatable bonds is 4. The predicted molar refractivity (Wildman–Crippen MR) is 83.4 cm³/mol. The molecule has 1 aromatic heterocycles. The summed E-state index contributed by atoms with van der Waals surface area (Å²) in [6.45, 7) is 0.819. The van der Waals surface area contributed by atoms with Crippen LogP contribution in [0.3, 0.4) is 0 Å². The zero-order valence-electron chi connectivity index (χ0n) is 11.1. The van der Waals surface area contributed by atoms with Crippen LogP contribution in [0.5, 0.6) is 0 Å². The number of aryl methyl sites for hydroxylation is 2. The predicted octanol–water partition coefficient (Wildman–Crippen LogP) is 3.92. The summed E-state index contributed by atoms with van der Waals surface area (Å²) in [6.07, 6.45) is 8.65. The van der Waals surface area contributed by atoms with Gasteiger partial charge in [-0.1, -0.05) is 28.8 Å². The van der Waals surface area contributed by atoms with Gasteiger partial charge in [-0.15, -0.1) is 11.3 Å². The molecule has 2 nitrogen and oxygen atoms in total. The Kier molecular flexibility index (Phi) is 3.99. The maximum atomic E-state index is 12.2. The van der Waals surface area contributed by atoms with E-state index in [0.717, 1.165) is 23.2 Å². The Hall–Kier alpha value is -0.350. The Morgan fingerprint density at radius 3 is 2.79 bits per heavy atom. The van der Waals surface area contributed by atoms with Crippen LogP contribution < -0.4 is 5.32 Å². The molecule has 0 atom stereocenters. The van der Waals surface area contributed by atoms with Gasteiger partial charge < -0.3 is 5.32 Å². The highest BCUT2D eigenvalue weighted by atomic mass is 79.9. The van der Waals surface area contributed by atoms with Gasteiger partial charge in [-0.3, -0.25) is 4.79 Å². The second kappa shape index (κ2) is 5.57. The van der Waals surface area contributed by atoms with Crippen molar-refractivity contribution in [2.45, 2.75) is 44.9 Å². The van der Waals surface area contributed by atoms with Crippen LogP contribution in [0.15, 0.2) is 6.07 Å². The molecule has 2 aliphatic rings. The SMILES string of the molecule is O=C(NCC1(CBr)CCCC1)c1cc2c(s1)CCC2. The zero-order valence-corrected chi connectivity index (χ0v) is 13.5. The van der Waals surface area contributed by atoms with Crippen LogP contribution in [0.25, 0.3) is 0 Å². The van der Waals surface area contributed by atoms with Gasteiger partial charge in [0.2, 0.25) is 0 Å². The molecule has 1 heterocycles. The zero-order chi connectivity index (χ0) is 13.3. The number of amides is 1. The molecule has 1 aromatic rings. The molecular formula is C15H20BrNOS. The first-order chi connectivity index (χ1) is 9.22. The van der Waals surface area contributed by atoms with Crippen molar-refractivity contribution in [3.63, 3.8) is 0 Å². The lowest BCUT2D eigenvalue weighted by molar-refractivity contribution is 0.0939. The van der Waals surface area contributed by atoms with E-state index in [4.69, 9.17) is 0 Å². The quantitative estimate of drug-likeness (QED) is 0.826. The standard InChI is InChI=1S/C15H20BrNOS/c16-9-15(6-1-2-7-15)10-17-14(18)13-8-11-4-3-5-12(11)19-13/h8H,1-7,9-10H2,(H,17,18). The van der Waals surface area contributed by atoms with Crippen LogP contribution in [0.1, 0.15) is 52.2 Å². The molecular weight excluding hydrogens is 322 g/mol. The van der Waals surface area contributed by atoms with Gasteiger partial charge in [0.25, 0.3) is 5.91 Å². The fourth-order valence-electron chi connectivity index (χ4n) is 3.28. The lowest BCUT2D eigenvalue weighted by atomic mass is 9.89. The highest BCUT2D eigenvalue weighted by Crippen LogP contribution is 2.39. The fourth-order valence-corrected chi connectivity index (χ4v) is 5.21. The number of halogens is 1. The molecule has 104 valence electrons. The fraction of sp³-hybridized carbons (Fsp3) is 0.667. The highest BCUT2D eigenvalue weighted by Gasteiger charge is 2.33. The van der Waals surface area contributed by atoms with Crippen LogP contribution in [0.4, 0.5) is 0 Å². The van der Waals surface area contributed by atoms with Gasteiger partial charge in [0.05, 0.1) is 4.88 Å². The highest BCUT2D eigenvalue weighted by molar-refractivity contribution is 9.09. The molecule has 0 aliphatic heterocycles.